The molecule has 0 spiro atoms. The van der Waals surface area contributed by atoms with Gasteiger partial charge in [0, 0.05) is 5.69 Å². The minimum Gasteiger partial charge on any atom is -0.489 e. The van der Waals surface area contributed by atoms with Gasteiger partial charge >= 0.3 is 0 Å². The standard InChI is InChI=1S/C11H15NO3S2/c1-16-11-7-8(12-17(2,13)14)3-6-10(11)15-9-4-5-9/h3,6-7,9,12H,4-5H2,1-2H3. The highest BCUT2D eigenvalue weighted by Crippen LogP contribution is 2.35. The fourth-order valence-electron chi connectivity index (χ4n) is 1.41. The van der Waals surface area contributed by atoms with Crippen LogP contribution in [0.1, 0.15) is 12.8 Å². The zero-order valence-electron chi connectivity index (χ0n) is 9.76. The molecule has 0 heterocycles. The topological polar surface area (TPSA) is 55.4 Å². The minimum atomic E-state index is -3.23. The highest BCUT2D eigenvalue weighted by Gasteiger charge is 2.24. The van der Waals surface area contributed by atoms with Crippen LogP contribution in [0.15, 0.2) is 23.1 Å². The van der Waals surface area contributed by atoms with Gasteiger partial charge in [-0.3, -0.25) is 4.72 Å². The van der Waals surface area contributed by atoms with Crippen LogP contribution in [0.5, 0.6) is 5.75 Å². The van der Waals surface area contributed by atoms with Crippen molar-refractivity contribution in [3.05, 3.63) is 18.2 Å². The Balaban J connectivity index is 2.20. The van der Waals surface area contributed by atoms with Gasteiger partial charge in [0.2, 0.25) is 10.0 Å². The summed E-state index contributed by atoms with van der Waals surface area (Å²) in [7, 11) is -3.23. The Kier molecular flexibility index (Phi) is 3.53. The van der Waals surface area contributed by atoms with Crippen LogP contribution in [0.3, 0.4) is 0 Å². The van der Waals surface area contributed by atoms with E-state index in [4.69, 9.17) is 4.74 Å². The average Bonchev–Trinajstić information content (AvgIpc) is 3.02. The minimum absolute atomic E-state index is 0.342. The van der Waals surface area contributed by atoms with Crippen molar-refractivity contribution >= 4 is 27.5 Å². The molecule has 94 valence electrons. The van der Waals surface area contributed by atoms with E-state index in [1.54, 1.807) is 23.9 Å². The molecule has 1 aliphatic rings. The van der Waals surface area contributed by atoms with Gasteiger partial charge in [-0.25, -0.2) is 8.42 Å². The molecule has 1 N–H and O–H groups in total. The number of benzene rings is 1. The molecule has 1 aliphatic carbocycles. The van der Waals surface area contributed by atoms with E-state index in [-0.39, 0.29) is 0 Å². The van der Waals surface area contributed by atoms with Crippen molar-refractivity contribution in [2.45, 2.75) is 23.8 Å². The Morgan fingerprint density at radius 2 is 2.12 bits per heavy atom. The monoisotopic (exact) mass is 273 g/mol. The molecular weight excluding hydrogens is 258 g/mol. The van der Waals surface area contributed by atoms with Crippen LogP contribution in [-0.4, -0.2) is 27.0 Å². The molecule has 0 atom stereocenters. The third-order valence-corrected chi connectivity index (χ3v) is 3.65. The largest absolute Gasteiger partial charge is 0.489 e. The van der Waals surface area contributed by atoms with Gasteiger partial charge in [-0.2, -0.15) is 0 Å². The second-order valence-corrected chi connectivity index (χ2v) is 6.65. The predicted octanol–water partition coefficient (Wildman–Crippen LogP) is 2.32. The SMILES string of the molecule is CSc1cc(NS(C)(=O)=O)ccc1OC1CC1. The number of anilines is 1. The quantitative estimate of drug-likeness (QED) is 0.837. The third-order valence-electron chi connectivity index (χ3n) is 2.28. The van der Waals surface area contributed by atoms with Crippen molar-refractivity contribution in [3.63, 3.8) is 0 Å². The van der Waals surface area contributed by atoms with Gasteiger partial charge in [-0.15, -0.1) is 11.8 Å². The summed E-state index contributed by atoms with van der Waals surface area (Å²) >= 11 is 1.55. The zero-order valence-corrected chi connectivity index (χ0v) is 11.4. The molecule has 1 saturated carbocycles. The number of sulfonamides is 1. The first kappa shape index (κ1) is 12.6. The predicted molar refractivity (Wildman–Crippen MR) is 70.3 cm³/mol. The lowest BCUT2D eigenvalue weighted by Crippen LogP contribution is -2.09. The first-order valence-corrected chi connectivity index (χ1v) is 8.42. The molecule has 0 aromatic heterocycles. The molecule has 6 heteroatoms. The van der Waals surface area contributed by atoms with Crippen LogP contribution in [0, 0.1) is 0 Å². The Morgan fingerprint density at radius 3 is 2.65 bits per heavy atom. The molecular formula is C11H15NO3S2. The van der Waals surface area contributed by atoms with E-state index in [1.807, 2.05) is 12.3 Å². The average molecular weight is 273 g/mol. The maximum absolute atomic E-state index is 11.1. The zero-order chi connectivity index (χ0) is 12.5. The number of ether oxygens (including phenoxy) is 1. The van der Waals surface area contributed by atoms with Crippen molar-refractivity contribution in [2.75, 3.05) is 17.2 Å². The van der Waals surface area contributed by atoms with E-state index in [0.717, 1.165) is 29.7 Å². The Morgan fingerprint density at radius 1 is 1.41 bits per heavy atom. The van der Waals surface area contributed by atoms with Crippen LogP contribution >= 0.6 is 11.8 Å². The summed E-state index contributed by atoms with van der Waals surface area (Å²) in [5.74, 6) is 0.832. The third kappa shape index (κ3) is 3.81. The summed E-state index contributed by atoms with van der Waals surface area (Å²) < 4.78 is 30.4. The van der Waals surface area contributed by atoms with E-state index in [1.165, 1.54) is 0 Å². The highest BCUT2D eigenvalue weighted by atomic mass is 32.2. The molecule has 4 nitrogen and oxygen atoms in total. The first-order valence-electron chi connectivity index (χ1n) is 5.30. The number of nitrogens with one attached hydrogen (secondary N) is 1. The molecule has 17 heavy (non-hydrogen) atoms. The van der Waals surface area contributed by atoms with Crippen LogP contribution in [0.2, 0.25) is 0 Å². The van der Waals surface area contributed by atoms with Crippen molar-refractivity contribution < 1.29 is 13.2 Å². The maximum atomic E-state index is 11.1. The van der Waals surface area contributed by atoms with E-state index < -0.39 is 10.0 Å². The number of hydrogen-bond donors (Lipinski definition) is 1. The number of rotatable bonds is 5. The summed E-state index contributed by atoms with van der Waals surface area (Å²) in [6, 6.07) is 5.33. The van der Waals surface area contributed by atoms with Crippen LogP contribution in [0.25, 0.3) is 0 Å². The van der Waals surface area contributed by atoms with Gasteiger partial charge in [-0.05, 0) is 37.3 Å². The van der Waals surface area contributed by atoms with Crippen molar-refractivity contribution in [3.8, 4) is 5.75 Å². The number of thioether (sulfide) groups is 1. The van der Waals surface area contributed by atoms with Gasteiger partial charge in [-0.1, -0.05) is 0 Å². The second kappa shape index (κ2) is 4.78. The molecule has 0 saturated heterocycles. The van der Waals surface area contributed by atoms with Gasteiger partial charge in [0.15, 0.2) is 0 Å². The van der Waals surface area contributed by atoms with Gasteiger partial charge in [0.1, 0.15) is 5.75 Å². The summed E-state index contributed by atoms with van der Waals surface area (Å²) in [5.41, 5.74) is 0.569. The molecule has 1 aromatic carbocycles. The molecule has 1 aromatic rings. The highest BCUT2D eigenvalue weighted by molar-refractivity contribution is 7.98. The molecule has 0 amide bonds. The Labute approximate surface area is 106 Å². The lowest BCUT2D eigenvalue weighted by atomic mass is 10.3. The van der Waals surface area contributed by atoms with Gasteiger partial charge in [0.05, 0.1) is 17.3 Å². The van der Waals surface area contributed by atoms with E-state index in [2.05, 4.69) is 4.72 Å². The molecule has 0 radical (unpaired) electrons. The van der Waals surface area contributed by atoms with Crippen molar-refractivity contribution in [1.82, 2.24) is 0 Å². The summed E-state index contributed by atoms with van der Waals surface area (Å²) in [6.45, 7) is 0. The smallest absolute Gasteiger partial charge is 0.229 e. The van der Waals surface area contributed by atoms with E-state index in [0.29, 0.717) is 11.8 Å². The van der Waals surface area contributed by atoms with Gasteiger partial charge in [0.25, 0.3) is 0 Å². The lowest BCUT2D eigenvalue weighted by Gasteiger charge is -2.11. The summed E-state index contributed by atoms with van der Waals surface area (Å²) in [5, 5.41) is 0. The van der Waals surface area contributed by atoms with Crippen molar-refractivity contribution in [2.24, 2.45) is 0 Å². The number of hydrogen-bond acceptors (Lipinski definition) is 4. The first-order chi connectivity index (χ1) is 7.98. The normalized spacial score (nSPS) is 15.6. The molecule has 0 unspecified atom stereocenters. The molecule has 1 fully saturated rings. The molecule has 0 aliphatic heterocycles. The fraction of sp³-hybridized carbons (Fsp3) is 0.455. The Bertz CT molecular complexity index is 509. The van der Waals surface area contributed by atoms with Crippen LogP contribution in [0.4, 0.5) is 5.69 Å². The van der Waals surface area contributed by atoms with Gasteiger partial charge < -0.3 is 4.74 Å². The lowest BCUT2D eigenvalue weighted by molar-refractivity contribution is 0.296. The van der Waals surface area contributed by atoms with Crippen LogP contribution in [-0.2, 0) is 10.0 Å². The second-order valence-electron chi connectivity index (χ2n) is 4.06. The summed E-state index contributed by atoms with van der Waals surface area (Å²) in [6.07, 6.45) is 5.64. The maximum Gasteiger partial charge on any atom is 0.229 e. The van der Waals surface area contributed by atoms with E-state index in [9.17, 15) is 8.42 Å². The molecule has 2 rings (SSSR count). The van der Waals surface area contributed by atoms with Crippen LogP contribution < -0.4 is 9.46 Å². The summed E-state index contributed by atoms with van der Waals surface area (Å²) in [4.78, 5) is 0.950. The fourth-order valence-corrected chi connectivity index (χ4v) is 2.53. The van der Waals surface area contributed by atoms with E-state index >= 15 is 0 Å². The van der Waals surface area contributed by atoms with Crippen molar-refractivity contribution in [1.29, 1.82) is 0 Å². The Hall–Kier alpha value is -0.880. The molecule has 0 bridgehead atoms.